The van der Waals surface area contributed by atoms with Crippen molar-refractivity contribution in [2.45, 2.75) is 13.8 Å². The maximum Gasteiger partial charge on any atom is 0.271 e. The molecule has 4 rings (SSSR count). The molecular weight excluding hydrogens is 408 g/mol. The van der Waals surface area contributed by atoms with E-state index in [0.717, 1.165) is 48.9 Å². The minimum Gasteiger partial charge on any atom is -0.495 e. The lowest BCUT2D eigenvalue weighted by Crippen LogP contribution is -2.36. The topological polar surface area (TPSA) is 82.1 Å². The number of methoxy groups -OCH3 is 1. The highest BCUT2D eigenvalue weighted by molar-refractivity contribution is 5.84. The van der Waals surface area contributed by atoms with Crippen molar-refractivity contribution >= 4 is 23.3 Å². The molecule has 2 aromatic carbocycles. The van der Waals surface area contributed by atoms with Crippen molar-refractivity contribution in [3.8, 4) is 11.4 Å². The molecule has 0 atom stereocenters. The van der Waals surface area contributed by atoms with Crippen LogP contribution in [0.1, 0.15) is 17.0 Å². The van der Waals surface area contributed by atoms with Crippen molar-refractivity contribution in [3.63, 3.8) is 0 Å². The van der Waals surface area contributed by atoms with Crippen LogP contribution in [0, 0.1) is 24.0 Å². The van der Waals surface area contributed by atoms with E-state index in [1.54, 1.807) is 13.2 Å². The van der Waals surface area contributed by atoms with Gasteiger partial charge < -0.3 is 18.9 Å². The average Bonchev–Trinajstić information content (AvgIpc) is 3.10. The first-order valence-electron chi connectivity index (χ1n) is 10.5. The van der Waals surface area contributed by atoms with Crippen LogP contribution in [0.3, 0.4) is 0 Å². The Hall–Kier alpha value is -3.65. The molecule has 166 valence electrons. The molecule has 0 saturated carbocycles. The van der Waals surface area contributed by atoms with Crippen LogP contribution >= 0.6 is 0 Å². The van der Waals surface area contributed by atoms with Gasteiger partial charge in [0.15, 0.2) is 0 Å². The molecule has 1 saturated heterocycles. The van der Waals surface area contributed by atoms with E-state index in [1.165, 1.54) is 17.8 Å². The van der Waals surface area contributed by atoms with Gasteiger partial charge in [-0.1, -0.05) is 0 Å². The summed E-state index contributed by atoms with van der Waals surface area (Å²) in [7, 11) is 1.56. The number of anilines is 1. The van der Waals surface area contributed by atoms with Gasteiger partial charge in [-0.15, -0.1) is 0 Å². The van der Waals surface area contributed by atoms with Gasteiger partial charge in [-0.25, -0.2) is 0 Å². The number of nitro groups is 1. The standard InChI is InChI=1S/C24H26N4O4/c1-17-14-19(16-25-20-4-6-21(7-5-20)26-10-12-32-13-11-26)18(2)27(17)23-15-22(28(29)30)8-9-24(23)31-3/h4-9,14-16H,10-13H2,1-3H3. The number of morpholine rings is 1. The maximum absolute atomic E-state index is 11.3. The summed E-state index contributed by atoms with van der Waals surface area (Å²) in [5.74, 6) is 0.569. The van der Waals surface area contributed by atoms with Crippen LogP contribution in [0.5, 0.6) is 5.75 Å². The first kappa shape index (κ1) is 21.6. The van der Waals surface area contributed by atoms with E-state index in [1.807, 2.05) is 42.8 Å². The van der Waals surface area contributed by atoms with Gasteiger partial charge in [-0.05, 0) is 50.2 Å². The zero-order valence-electron chi connectivity index (χ0n) is 18.4. The van der Waals surface area contributed by atoms with Gasteiger partial charge in [0.05, 0.1) is 36.6 Å². The largest absolute Gasteiger partial charge is 0.495 e. The van der Waals surface area contributed by atoms with E-state index in [0.29, 0.717) is 11.4 Å². The molecule has 0 amide bonds. The Morgan fingerprint density at radius 1 is 1.09 bits per heavy atom. The quantitative estimate of drug-likeness (QED) is 0.322. The fraction of sp³-hybridized carbons (Fsp3) is 0.292. The van der Waals surface area contributed by atoms with Crippen molar-refractivity contribution in [3.05, 3.63) is 75.6 Å². The van der Waals surface area contributed by atoms with Crippen LogP contribution < -0.4 is 9.64 Å². The number of aromatic nitrogens is 1. The fourth-order valence-electron chi connectivity index (χ4n) is 3.97. The molecule has 32 heavy (non-hydrogen) atoms. The molecule has 0 unspecified atom stereocenters. The number of aliphatic imine (C=N–C) groups is 1. The molecule has 8 heteroatoms. The summed E-state index contributed by atoms with van der Waals surface area (Å²) in [6.07, 6.45) is 1.83. The zero-order valence-corrected chi connectivity index (χ0v) is 18.4. The third kappa shape index (κ3) is 4.36. The Balaban J connectivity index is 1.60. The molecule has 1 aromatic heterocycles. The molecule has 1 aliphatic heterocycles. The van der Waals surface area contributed by atoms with Crippen molar-refractivity contribution in [1.82, 2.24) is 4.57 Å². The molecule has 0 N–H and O–H groups in total. The average molecular weight is 434 g/mol. The molecule has 8 nitrogen and oxygen atoms in total. The van der Waals surface area contributed by atoms with Crippen molar-refractivity contribution in [1.29, 1.82) is 0 Å². The number of hydrogen-bond acceptors (Lipinski definition) is 6. The molecule has 1 aliphatic rings. The van der Waals surface area contributed by atoms with E-state index in [2.05, 4.69) is 22.0 Å². The molecule has 0 bridgehead atoms. The van der Waals surface area contributed by atoms with Crippen LogP contribution in [0.25, 0.3) is 5.69 Å². The van der Waals surface area contributed by atoms with Gasteiger partial charge in [0.25, 0.3) is 5.69 Å². The second-order valence-electron chi connectivity index (χ2n) is 7.65. The van der Waals surface area contributed by atoms with Crippen molar-refractivity contribution in [2.75, 3.05) is 38.3 Å². The molecule has 0 radical (unpaired) electrons. The predicted molar refractivity (Wildman–Crippen MR) is 125 cm³/mol. The number of hydrogen-bond donors (Lipinski definition) is 0. The predicted octanol–water partition coefficient (Wildman–Crippen LogP) is 4.60. The zero-order chi connectivity index (χ0) is 22.7. The Morgan fingerprint density at radius 2 is 1.81 bits per heavy atom. The number of nitrogens with zero attached hydrogens (tertiary/aromatic N) is 4. The van der Waals surface area contributed by atoms with Crippen molar-refractivity contribution < 1.29 is 14.4 Å². The van der Waals surface area contributed by atoms with E-state index in [9.17, 15) is 10.1 Å². The lowest BCUT2D eigenvalue weighted by molar-refractivity contribution is -0.384. The summed E-state index contributed by atoms with van der Waals surface area (Å²) in [5.41, 5.74) is 5.48. The second-order valence-corrected chi connectivity index (χ2v) is 7.65. The number of benzene rings is 2. The van der Waals surface area contributed by atoms with Crippen LogP contribution in [0.15, 0.2) is 53.5 Å². The molecule has 0 spiro atoms. The number of rotatable bonds is 6. The molecule has 0 aliphatic carbocycles. The van der Waals surface area contributed by atoms with Crippen LogP contribution in [-0.2, 0) is 4.74 Å². The van der Waals surface area contributed by atoms with Crippen LogP contribution in [0.4, 0.5) is 17.1 Å². The van der Waals surface area contributed by atoms with E-state index in [4.69, 9.17) is 9.47 Å². The maximum atomic E-state index is 11.3. The van der Waals surface area contributed by atoms with E-state index < -0.39 is 4.92 Å². The van der Waals surface area contributed by atoms with Gasteiger partial charge in [0, 0.05) is 54.1 Å². The summed E-state index contributed by atoms with van der Waals surface area (Å²) < 4.78 is 12.8. The lowest BCUT2D eigenvalue weighted by Gasteiger charge is -2.28. The molecule has 2 heterocycles. The van der Waals surface area contributed by atoms with Gasteiger partial charge in [-0.2, -0.15) is 0 Å². The Labute approximate surface area is 186 Å². The Kier molecular flexibility index (Phi) is 6.23. The third-order valence-corrected chi connectivity index (χ3v) is 5.66. The number of non-ortho nitro benzene ring substituents is 1. The second kappa shape index (κ2) is 9.23. The number of ether oxygens (including phenoxy) is 2. The number of aryl methyl sites for hydroxylation is 1. The normalized spacial score (nSPS) is 14.2. The summed E-state index contributed by atoms with van der Waals surface area (Å²) in [6, 6.07) is 14.8. The SMILES string of the molecule is COc1ccc([N+](=O)[O-])cc1-n1c(C)cc(C=Nc2ccc(N3CCOCC3)cc2)c1C. The summed E-state index contributed by atoms with van der Waals surface area (Å²) in [6.45, 7) is 7.23. The molecular formula is C24H26N4O4. The van der Waals surface area contributed by atoms with Crippen LogP contribution in [0.2, 0.25) is 0 Å². The third-order valence-electron chi connectivity index (χ3n) is 5.66. The van der Waals surface area contributed by atoms with E-state index in [-0.39, 0.29) is 5.69 Å². The van der Waals surface area contributed by atoms with Gasteiger partial charge in [0.2, 0.25) is 0 Å². The number of nitro benzene ring substituents is 1. The van der Waals surface area contributed by atoms with Crippen LogP contribution in [-0.4, -0.2) is 49.1 Å². The van der Waals surface area contributed by atoms with Gasteiger partial charge in [0.1, 0.15) is 5.75 Å². The summed E-state index contributed by atoms with van der Waals surface area (Å²) in [4.78, 5) is 17.8. The van der Waals surface area contributed by atoms with Crippen molar-refractivity contribution in [2.24, 2.45) is 4.99 Å². The Bertz CT molecular complexity index is 1150. The minimum atomic E-state index is -0.403. The van der Waals surface area contributed by atoms with Gasteiger partial charge in [-0.3, -0.25) is 15.1 Å². The molecule has 3 aromatic rings. The summed E-state index contributed by atoms with van der Waals surface area (Å²) >= 11 is 0. The van der Waals surface area contributed by atoms with E-state index >= 15 is 0 Å². The highest BCUT2D eigenvalue weighted by atomic mass is 16.6. The van der Waals surface area contributed by atoms with Gasteiger partial charge >= 0.3 is 0 Å². The lowest BCUT2D eigenvalue weighted by atomic mass is 10.2. The first-order chi connectivity index (χ1) is 15.5. The summed E-state index contributed by atoms with van der Waals surface area (Å²) in [5, 5.41) is 11.3. The first-order valence-corrected chi connectivity index (χ1v) is 10.5. The minimum absolute atomic E-state index is 0.0175. The highest BCUT2D eigenvalue weighted by Crippen LogP contribution is 2.31. The smallest absolute Gasteiger partial charge is 0.271 e. The fourth-order valence-corrected chi connectivity index (χ4v) is 3.97. The Morgan fingerprint density at radius 3 is 2.47 bits per heavy atom. The molecule has 1 fully saturated rings. The monoisotopic (exact) mass is 434 g/mol. The highest BCUT2D eigenvalue weighted by Gasteiger charge is 2.17.